The minimum absolute atomic E-state index is 0.0376. The molecule has 2 rings (SSSR count). The Hall–Kier alpha value is -3.98. The second kappa shape index (κ2) is 13.0. The molecule has 208 valence electrons. The van der Waals surface area contributed by atoms with Crippen molar-refractivity contribution in [3.63, 3.8) is 0 Å². The first-order chi connectivity index (χ1) is 17.3. The van der Waals surface area contributed by atoms with Gasteiger partial charge in [-0.15, -0.1) is 0 Å². The number of sulfonamides is 1. The zero-order valence-corrected chi connectivity index (χ0v) is 21.4. The molecular weight excluding hydrogens is 533 g/mol. The first-order valence-corrected chi connectivity index (χ1v) is 12.2. The summed E-state index contributed by atoms with van der Waals surface area (Å²) in [7, 11) is -3.77. The molecule has 0 radical (unpaired) electrons. The maximum absolute atomic E-state index is 12.3. The quantitative estimate of drug-likeness (QED) is 0.192. The van der Waals surface area contributed by atoms with Gasteiger partial charge >= 0.3 is 12.1 Å². The number of aliphatic carboxylic acids is 1. The molecule has 2 aromatic carbocycles. The third-order valence-electron chi connectivity index (χ3n) is 4.18. The molecule has 0 aliphatic rings. The van der Waals surface area contributed by atoms with Crippen LogP contribution in [-0.4, -0.2) is 50.4 Å². The van der Waals surface area contributed by atoms with Crippen LogP contribution in [0.4, 0.5) is 18.9 Å². The number of carbonyl (C=O) groups excluding carboxylic acids is 3. The molecule has 0 atom stereocenters. The third kappa shape index (κ3) is 11.4. The summed E-state index contributed by atoms with van der Waals surface area (Å²) in [4.78, 5) is 32.9. The van der Waals surface area contributed by atoms with E-state index in [4.69, 9.17) is 25.8 Å². The van der Waals surface area contributed by atoms with Gasteiger partial charge in [-0.2, -0.15) is 13.2 Å². The molecule has 0 aromatic heterocycles. The summed E-state index contributed by atoms with van der Waals surface area (Å²) in [6.45, 7) is 5.24. The molecule has 0 aliphatic carbocycles. The zero-order valence-electron chi connectivity index (χ0n) is 20.6. The van der Waals surface area contributed by atoms with E-state index in [2.05, 4.69) is 10.0 Å². The van der Waals surface area contributed by atoms with Gasteiger partial charge in [0, 0.05) is 18.7 Å². The summed E-state index contributed by atoms with van der Waals surface area (Å²) in [5.74, 6) is -3.76. The van der Waals surface area contributed by atoms with Crippen molar-refractivity contribution in [3.8, 4) is 0 Å². The van der Waals surface area contributed by atoms with Crippen LogP contribution in [-0.2, 0) is 24.3 Å². The summed E-state index contributed by atoms with van der Waals surface area (Å²) in [6.07, 6.45) is -5.27. The number of ether oxygens (including phenoxy) is 1. The SMILES string of the molecule is CC(C)(C)OC(=O)c1ccc(NC(=O)CCNS(=O)(=O)c2ccc(C(N)=[NH2+])cc2)cc1.O=C([O-])C(F)(F)F. The Morgan fingerprint density at radius 3 is 1.87 bits per heavy atom. The van der Waals surface area contributed by atoms with E-state index in [0.29, 0.717) is 16.8 Å². The Morgan fingerprint density at radius 2 is 1.45 bits per heavy atom. The lowest BCUT2D eigenvalue weighted by Gasteiger charge is -2.19. The Labute approximate surface area is 216 Å². The van der Waals surface area contributed by atoms with Gasteiger partial charge < -0.3 is 20.0 Å². The van der Waals surface area contributed by atoms with Gasteiger partial charge in [-0.05, 0) is 69.3 Å². The van der Waals surface area contributed by atoms with E-state index in [-0.39, 0.29) is 29.6 Å². The maximum atomic E-state index is 12.3. The predicted molar refractivity (Wildman–Crippen MR) is 128 cm³/mol. The van der Waals surface area contributed by atoms with E-state index in [1.54, 1.807) is 45.0 Å². The van der Waals surface area contributed by atoms with Gasteiger partial charge in [0.1, 0.15) is 11.6 Å². The second-order valence-corrected chi connectivity index (χ2v) is 10.3. The minimum atomic E-state index is -5.19. The largest absolute Gasteiger partial charge is 0.542 e. The van der Waals surface area contributed by atoms with Crippen molar-refractivity contribution < 1.29 is 51.2 Å². The number of benzene rings is 2. The van der Waals surface area contributed by atoms with Gasteiger partial charge in [0.15, 0.2) is 0 Å². The van der Waals surface area contributed by atoms with Crippen LogP contribution in [0.3, 0.4) is 0 Å². The average Bonchev–Trinajstić information content (AvgIpc) is 2.78. The number of nitrogens with two attached hydrogens (primary N) is 2. The molecule has 38 heavy (non-hydrogen) atoms. The van der Waals surface area contributed by atoms with Crippen LogP contribution in [0, 0.1) is 0 Å². The average molecular weight is 561 g/mol. The zero-order chi connectivity index (χ0) is 29.3. The fourth-order valence-electron chi connectivity index (χ4n) is 2.46. The maximum Gasteiger partial charge on any atom is 0.430 e. The van der Waals surface area contributed by atoms with Crippen molar-refractivity contribution in [2.45, 2.75) is 43.9 Å². The summed E-state index contributed by atoms with van der Waals surface area (Å²) in [5.41, 5.74) is 6.22. The van der Waals surface area contributed by atoms with Crippen molar-refractivity contribution in [3.05, 3.63) is 59.7 Å². The lowest BCUT2D eigenvalue weighted by atomic mass is 10.1. The van der Waals surface area contributed by atoms with Crippen molar-refractivity contribution in [1.82, 2.24) is 4.72 Å². The van der Waals surface area contributed by atoms with Gasteiger partial charge in [0.05, 0.1) is 16.0 Å². The Bertz CT molecular complexity index is 1260. The Balaban J connectivity index is 0.000000905. The molecule has 1 amide bonds. The van der Waals surface area contributed by atoms with Crippen molar-refractivity contribution >= 4 is 39.4 Å². The molecule has 0 aliphatic heterocycles. The van der Waals surface area contributed by atoms with Crippen LogP contribution in [0.1, 0.15) is 43.1 Å². The second-order valence-electron chi connectivity index (χ2n) is 8.54. The molecule has 0 bridgehead atoms. The smallest absolute Gasteiger partial charge is 0.430 e. The summed E-state index contributed by atoms with van der Waals surface area (Å²) in [5, 5.41) is 16.9. The number of anilines is 1. The number of rotatable bonds is 8. The van der Waals surface area contributed by atoms with Crippen LogP contribution < -0.4 is 26.3 Å². The van der Waals surface area contributed by atoms with E-state index in [1.807, 2.05) is 0 Å². The normalized spacial score (nSPS) is 11.5. The molecule has 11 nitrogen and oxygen atoms in total. The highest BCUT2D eigenvalue weighted by atomic mass is 32.2. The van der Waals surface area contributed by atoms with Gasteiger partial charge in [-0.1, -0.05) is 0 Å². The Morgan fingerprint density at radius 1 is 0.974 bits per heavy atom. The number of carboxylic acids is 1. The lowest BCUT2D eigenvalue weighted by Crippen LogP contribution is -2.46. The predicted octanol–water partition coefficient (Wildman–Crippen LogP) is -0.288. The van der Waals surface area contributed by atoms with E-state index in [1.165, 1.54) is 24.3 Å². The fraction of sp³-hybridized carbons (Fsp3) is 0.304. The molecule has 2 aromatic rings. The van der Waals surface area contributed by atoms with Crippen molar-refractivity contribution in [2.24, 2.45) is 5.73 Å². The monoisotopic (exact) mass is 560 g/mol. The topological polar surface area (TPSA) is 193 Å². The van der Waals surface area contributed by atoms with Gasteiger partial charge in [0.2, 0.25) is 15.9 Å². The summed E-state index contributed by atoms with van der Waals surface area (Å²) >= 11 is 0. The number of hydrogen-bond acceptors (Lipinski definition) is 7. The van der Waals surface area contributed by atoms with Gasteiger partial charge in [-0.3, -0.25) is 15.9 Å². The number of nitrogens with one attached hydrogen (secondary N) is 2. The molecular formula is C23H27F3N4O7S. The van der Waals surface area contributed by atoms with Gasteiger partial charge in [0.25, 0.3) is 5.84 Å². The molecule has 0 saturated heterocycles. The van der Waals surface area contributed by atoms with E-state index in [0.717, 1.165) is 0 Å². The first kappa shape index (κ1) is 32.0. The van der Waals surface area contributed by atoms with E-state index >= 15 is 0 Å². The van der Waals surface area contributed by atoms with E-state index in [9.17, 15) is 31.2 Å². The van der Waals surface area contributed by atoms with Crippen LogP contribution in [0.5, 0.6) is 0 Å². The number of halogens is 3. The Kier molecular flexibility index (Phi) is 11.0. The molecule has 6 N–H and O–H groups in total. The molecule has 0 saturated carbocycles. The molecule has 15 heteroatoms. The summed E-state index contributed by atoms with van der Waals surface area (Å²) < 4.78 is 63.8. The number of hydrogen-bond donors (Lipinski definition) is 4. The fourth-order valence-corrected chi connectivity index (χ4v) is 3.49. The highest BCUT2D eigenvalue weighted by molar-refractivity contribution is 7.89. The van der Waals surface area contributed by atoms with Crippen LogP contribution >= 0.6 is 0 Å². The van der Waals surface area contributed by atoms with Crippen LogP contribution in [0.15, 0.2) is 53.4 Å². The first-order valence-electron chi connectivity index (χ1n) is 10.7. The number of esters is 1. The lowest BCUT2D eigenvalue weighted by molar-refractivity contribution is -0.344. The number of alkyl halides is 3. The highest BCUT2D eigenvalue weighted by Crippen LogP contribution is 2.15. The van der Waals surface area contributed by atoms with Crippen molar-refractivity contribution in [1.29, 1.82) is 0 Å². The van der Waals surface area contributed by atoms with Crippen molar-refractivity contribution in [2.75, 3.05) is 11.9 Å². The molecule has 0 heterocycles. The molecule has 0 fully saturated rings. The van der Waals surface area contributed by atoms with Crippen LogP contribution in [0.25, 0.3) is 0 Å². The summed E-state index contributed by atoms with van der Waals surface area (Å²) in [6, 6.07) is 12.0. The third-order valence-corrected chi connectivity index (χ3v) is 5.65. The van der Waals surface area contributed by atoms with Crippen LogP contribution in [0.2, 0.25) is 0 Å². The highest BCUT2D eigenvalue weighted by Gasteiger charge is 2.28. The molecule has 0 unspecified atom stereocenters. The van der Waals surface area contributed by atoms with E-state index < -0.39 is 33.7 Å². The molecule has 0 spiro atoms. The standard InChI is InChI=1S/C21H26N4O5S.C2HF3O2/c1-21(2,3)30-20(27)15-4-8-16(9-5-15)25-18(26)12-13-24-31(28,29)17-10-6-14(7-11-17)19(22)23;3-2(4,5)1(6)7/h4-11,24H,12-13H2,1-3H3,(H3,22,23)(H,25,26);(H,6,7). The number of amidine groups is 1. The minimum Gasteiger partial charge on any atom is -0.542 e. The number of carbonyl (C=O) groups is 3. The number of amides is 1. The van der Waals surface area contributed by atoms with Gasteiger partial charge in [-0.25, -0.2) is 17.9 Å². The number of carboxylic acid groups (broad SMARTS) is 1.